The van der Waals surface area contributed by atoms with E-state index in [0.717, 1.165) is 25.1 Å². The number of carbonyl (C=O) groups excluding carboxylic acids is 1. The first-order valence-electron chi connectivity index (χ1n) is 5.34. The number of nitrogens with zero attached hydrogens (tertiary/aromatic N) is 3. The molecule has 2 heterocycles. The van der Waals surface area contributed by atoms with Gasteiger partial charge < -0.3 is 0 Å². The highest BCUT2D eigenvalue weighted by molar-refractivity contribution is 5.78. The van der Waals surface area contributed by atoms with Gasteiger partial charge in [-0.1, -0.05) is 0 Å². The van der Waals surface area contributed by atoms with E-state index < -0.39 is 11.9 Å². The third-order valence-electron chi connectivity index (χ3n) is 2.88. The van der Waals surface area contributed by atoms with Gasteiger partial charge in [0.25, 0.3) is 5.91 Å². The second kappa shape index (κ2) is 4.09. The molecule has 1 aromatic heterocycles. The lowest BCUT2D eigenvalue weighted by molar-refractivity contribution is -0.124. The lowest BCUT2D eigenvalue weighted by Crippen LogP contribution is -2.40. The maximum absolute atomic E-state index is 11.9. The number of fused-ring (bicyclic) bond motifs is 1. The van der Waals surface area contributed by atoms with E-state index in [1.54, 1.807) is 11.5 Å². The average molecular weight is 225 g/mol. The van der Waals surface area contributed by atoms with Crippen LogP contribution in [0.5, 0.6) is 0 Å². The summed E-state index contributed by atoms with van der Waals surface area (Å²) in [5.74, 6) is 5.37. The van der Waals surface area contributed by atoms with Crippen molar-refractivity contribution >= 4 is 5.91 Å². The zero-order valence-corrected chi connectivity index (χ0v) is 9.14. The van der Waals surface area contributed by atoms with Crippen LogP contribution in [-0.2, 0) is 17.8 Å². The maximum atomic E-state index is 11.9. The molecule has 1 amide bonds. The fourth-order valence-electron chi connectivity index (χ4n) is 1.90. The lowest BCUT2D eigenvalue weighted by atomic mass is 10.2. The Balaban J connectivity index is 2.39. The molecule has 0 radical (unpaired) electrons. The number of hydrazine groups is 1. The molecule has 1 aliphatic heterocycles. The molecule has 1 aliphatic rings. The van der Waals surface area contributed by atoms with Crippen molar-refractivity contribution in [2.24, 2.45) is 5.84 Å². The van der Waals surface area contributed by atoms with Crippen LogP contribution in [0.1, 0.15) is 31.6 Å². The number of hydrogen-bond acceptors (Lipinski definition) is 4. The molecule has 0 aromatic carbocycles. The van der Waals surface area contributed by atoms with E-state index in [-0.39, 0.29) is 5.69 Å². The van der Waals surface area contributed by atoms with Gasteiger partial charge in [0, 0.05) is 13.0 Å². The molecule has 7 heteroatoms. The predicted molar refractivity (Wildman–Crippen MR) is 56.5 cm³/mol. The Morgan fingerprint density at radius 3 is 2.94 bits per heavy atom. The van der Waals surface area contributed by atoms with E-state index in [9.17, 15) is 9.59 Å². The largest absolute Gasteiger partial charge is 0.346 e. The Bertz CT molecular complexity index is 461. The molecule has 3 N–H and O–H groups in total. The van der Waals surface area contributed by atoms with Crippen molar-refractivity contribution in [3.05, 3.63) is 16.3 Å². The number of nitrogens with two attached hydrogens (primary N) is 1. The Kier molecular flexibility index (Phi) is 2.78. The molecule has 1 atom stereocenters. The topological polar surface area (TPSA) is 94.9 Å². The molecule has 0 aliphatic carbocycles. The summed E-state index contributed by atoms with van der Waals surface area (Å²) < 4.78 is 2.83. The molecule has 0 saturated carbocycles. The number of nitrogens with one attached hydrogen (secondary N) is 1. The lowest BCUT2D eigenvalue weighted by Gasteiger charge is -2.09. The van der Waals surface area contributed by atoms with Gasteiger partial charge in [0.05, 0.1) is 0 Å². The highest BCUT2D eigenvalue weighted by atomic mass is 16.2. The Hall–Kier alpha value is -1.63. The van der Waals surface area contributed by atoms with Gasteiger partial charge in [0.2, 0.25) is 0 Å². The van der Waals surface area contributed by atoms with Crippen LogP contribution in [0.25, 0.3) is 0 Å². The fourth-order valence-corrected chi connectivity index (χ4v) is 1.90. The van der Waals surface area contributed by atoms with Gasteiger partial charge in [-0.15, -0.1) is 0 Å². The summed E-state index contributed by atoms with van der Waals surface area (Å²) in [5.41, 5.74) is 1.79. The Labute approximate surface area is 92.2 Å². The molecular weight excluding hydrogens is 210 g/mol. The number of rotatable bonds is 2. The van der Waals surface area contributed by atoms with Crippen LogP contribution in [0.4, 0.5) is 0 Å². The van der Waals surface area contributed by atoms with Gasteiger partial charge in [0.1, 0.15) is 11.9 Å². The SMILES string of the molecule is CC(C(=O)NN)n1nc2n(c1=O)CCCC2. The molecule has 0 bridgehead atoms. The third kappa shape index (κ3) is 1.63. The van der Waals surface area contributed by atoms with Crippen LogP contribution in [0.3, 0.4) is 0 Å². The molecule has 0 spiro atoms. The minimum Gasteiger partial charge on any atom is -0.292 e. The second-order valence-electron chi connectivity index (χ2n) is 3.94. The summed E-state index contributed by atoms with van der Waals surface area (Å²) in [6.45, 7) is 2.29. The number of aryl methyl sites for hydroxylation is 1. The molecule has 16 heavy (non-hydrogen) atoms. The van der Waals surface area contributed by atoms with E-state index in [4.69, 9.17) is 5.84 Å². The summed E-state index contributed by atoms with van der Waals surface area (Å²) in [7, 11) is 0. The standard InChI is InChI=1S/C9H15N5O2/c1-6(8(15)11-10)14-9(16)13-5-3-2-4-7(13)12-14/h6H,2-5,10H2,1H3,(H,11,15). The van der Waals surface area contributed by atoms with Crippen LogP contribution in [0.2, 0.25) is 0 Å². The monoisotopic (exact) mass is 225 g/mol. The van der Waals surface area contributed by atoms with Gasteiger partial charge in [0.15, 0.2) is 0 Å². The van der Waals surface area contributed by atoms with Crippen molar-refractivity contribution in [1.29, 1.82) is 0 Å². The van der Waals surface area contributed by atoms with Gasteiger partial charge in [-0.25, -0.2) is 15.3 Å². The van der Waals surface area contributed by atoms with Gasteiger partial charge >= 0.3 is 5.69 Å². The zero-order chi connectivity index (χ0) is 11.7. The highest BCUT2D eigenvalue weighted by Crippen LogP contribution is 2.11. The Morgan fingerprint density at radius 2 is 2.31 bits per heavy atom. The molecule has 88 valence electrons. The van der Waals surface area contributed by atoms with Crippen LogP contribution in [0, 0.1) is 0 Å². The first-order valence-corrected chi connectivity index (χ1v) is 5.34. The molecule has 0 fully saturated rings. The smallest absolute Gasteiger partial charge is 0.292 e. The molecule has 2 rings (SSSR count). The van der Waals surface area contributed by atoms with Crippen molar-refractivity contribution in [2.75, 3.05) is 0 Å². The molecule has 7 nitrogen and oxygen atoms in total. The minimum absolute atomic E-state index is 0.231. The van der Waals surface area contributed by atoms with Crippen molar-refractivity contribution in [3.63, 3.8) is 0 Å². The van der Waals surface area contributed by atoms with E-state index in [0.29, 0.717) is 6.54 Å². The maximum Gasteiger partial charge on any atom is 0.346 e. The average Bonchev–Trinajstić information content (AvgIpc) is 2.65. The summed E-state index contributed by atoms with van der Waals surface area (Å²) >= 11 is 0. The summed E-state index contributed by atoms with van der Waals surface area (Å²) in [5, 5.41) is 4.17. The molecule has 1 unspecified atom stereocenters. The van der Waals surface area contributed by atoms with Gasteiger partial charge in [-0.2, -0.15) is 5.10 Å². The van der Waals surface area contributed by atoms with E-state index >= 15 is 0 Å². The van der Waals surface area contributed by atoms with Crippen molar-refractivity contribution < 1.29 is 4.79 Å². The van der Waals surface area contributed by atoms with Crippen molar-refractivity contribution in [3.8, 4) is 0 Å². The molecular formula is C9H15N5O2. The first-order chi connectivity index (χ1) is 7.65. The minimum atomic E-state index is -0.671. The number of aromatic nitrogens is 3. The summed E-state index contributed by atoms with van der Waals surface area (Å²) in [4.78, 5) is 23.3. The van der Waals surface area contributed by atoms with Crippen molar-refractivity contribution in [1.82, 2.24) is 19.8 Å². The van der Waals surface area contributed by atoms with Crippen LogP contribution >= 0.6 is 0 Å². The Morgan fingerprint density at radius 1 is 1.56 bits per heavy atom. The zero-order valence-electron chi connectivity index (χ0n) is 9.14. The quantitative estimate of drug-likeness (QED) is 0.381. The summed E-state index contributed by atoms with van der Waals surface area (Å²) in [6.07, 6.45) is 2.81. The molecule has 1 aromatic rings. The van der Waals surface area contributed by atoms with Crippen molar-refractivity contribution in [2.45, 2.75) is 38.8 Å². The van der Waals surface area contributed by atoms with E-state index in [1.807, 2.05) is 5.43 Å². The first kappa shape index (κ1) is 10.9. The molecule has 0 saturated heterocycles. The number of amides is 1. The third-order valence-corrected chi connectivity index (χ3v) is 2.88. The van der Waals surface area contributed by atoms with Crippen LogP contribution in [0.15, 0.2) is 4.79 Å². The van der Waals surface area contributed by atoms with E-state index in [2.05, 4.69) is 5.10 Å². The fraction of sp³-hybridized carbons (Fsp3) is 0.667. The van der Waals surface area contributed by atoms with Crippen LogP contribution < -0.4 is 17.0 Å². The van der Waals surface area contributed by atoms with Crippen LogP contribution in [-0.4, -0.2) is 20.3 Å². The van der Waals surface area contributed by atoms with E-state index in [1.165, 1.54) is 4.68 Å². The predicted octanol–water partition coefficient (Wildman–Crippen LogP) is -1.07. The second-order valence-corrected chi connectivity index (χ2v) is 3.94. The summed E-state index contributed by atoms with van der Waals surface area (Å²) in [6, 6.07) is -0.671. The van der Waals surface area contributed by atoms with Gasteiger partial charge in [-0.05, 0) is 19.8 Å². The van der Waals surface area contributed by atoms with Gasteiger partial charge in [-0.3, -0.25) is 14.8 Å². The normalized spacial score (nSPS) is 16.6. The number of carbonyl (C=O) groups is 1. The number of hydrogen-bond donors (Lipinski definition) is 2. The highest BCUT2D eigenvalue weighted by Gasteiger charge is 2.22.